The van der Waals surface area contributed by atoms with Crippen LogP contribution < -0.4 is 16.0 Å². The molecule has 0 aliphatic carbocycles. The third-order valence-corrected chi connectivity index (χ3v) is 6.06. The molecule has 2 aliphatic heterocycles. The van der Waals surface area contributed by atoms with E-state index in [9.17, 15) is 18.9 Å². The summed E-state index contributed by atoms with van der Waals surface area (Å²) in [6.45, 7) is 7.83. The molecule has 2 heterocycles. The van der Waals surface area contributed by atoms with Crippen molar-refractivity contribution in [3.8, 4) is 0 Å². The fraction of sp³-hybridized carbons (Fsp3) is 0.571. The number of halogens is 1. The van der Waals surface area contributed by atoms with Crippen LogP contribution in [0.25, 0.3) is 0 Å². The van der Waals surface area contributed by atoms with E-state index < -0.39 is 36.2 Å². The second kappa shape index (κ2) is 9.40. The molecule has 5 atom stereocenters. The van der Waals surface area contributed by atoms with E-state index in [0.717, 1.165) is 18.8 Å². The molecule has 0 saturated carbocycles. The van der Waals surface area contributed by atoms with Crippen LogP contribution in [0.2, 0.25) is 0 Å². The van der Waals surface area contributed by atoms with Crippen molar-refractivity contribution in [1.82, 2.24) is 10.4 Å². The summed E-state index contributed by atoms with van der Waals surface area (Å²) in [6.07, 6.45) is -2.54. The average molecular weight is 436 g/mol. The first-order valence-corrected chi connectivity index (χ1v) is 10.4. The second-order valence-corrected chi connectivity index (χ2v) is 8.13. The van der Waals surface area contributed by atoms with Crippen molar-refractivity contribution in [1.29, 1.82) is 0 Å². The predicted molar refractivity (Wildman–Crippen MR) is 111 cm³/mol. The fourth-order valence-corrected chi connectivity index (χ4v) is 4.12. The Bertz CT molecular complexity index is 820. The number of hydrogen-bond donors (Lipinski definition) is 2. The maximum absolute atomic E-state index is 14.4. The van der Waals surface area contributed by atoms with Gasteiger partial charge in [0.2, 0.25) is 5.91 Å². The van der Waals surface area contributed by atoms with E-state index in [2.05, 4.69) is 17.1 Å². The summed E-state index contributed by atoms with van der Waals surface area (Å²) in [6, 6.07) is 6.12. The van der Waals surface area contributed by atoms with Gasteiger partial charge in [-0.2, -0.15) is 0 Å². The third kappa shape index (κ3) is 4.83. The monoisotopic (exact) mass is 436 g/mol. The number of anilines is 1. The van der Waals surface area contributed by atoms with Gasteiger partial charge >= 0.3 is 12.2 Å². The van der Waals surface area contributed by atoms with Crippen LogP contribution >= 0.6 is 0 Å². The minimum absolute atomic E-state index is 0.00806. The highest BCUT2D eigenvalue weighted by Crippen LogP contribution is 2.38. The molecular weight excluding hydrogens is 407 g/mol. The number of amides is 3. The zero-order valence-corrected chi connectivity index (χ0v) is 17.9. The lowest BCUT2D eigenvalue weighted by Crippen LogP contribution is -2.35. The molecule has 0 radical (unpaired) electrons. The van der Waals surface area contributed by atoms with Crippen molar-refractivity contribution in [2.45, 2.75) is 32.9 Å². The fourth-order valence-electron chi connectivity index (χ4n) is 4.12. The van der Waals surface area contributed by atoms with E-state index in [1.807, 2.05) is 12.1 Å². The summed E-state index contributed by atoms with van der Waals surface area (Å²) < 4.78 is 24.3. The highest BCUT2D eigenvalue weighted by molar-refractivity contribution is 5.79. The molecule has 3 rings (SSSR count). The van der Waals surface area contributed by atoms with Crippen LogP contribution in [0.5, 0.6) is 0 Å². The molecule has 31 heavy (non-hydrogen) atoms. The highest BCUT2D eigenvalue weighted by Gasteiger charge is 2.47. The molecule has 0 bridgehead atoms. The molecule has 1 aromatic rings. The van der Waals surface area contributed by atoms with Gasteiger partial charge in [-0.15, -0.1) is 5.12 Å². The number of cyclic esters (lactones) is 1. The summed E-state index contributed by atoms with van der Waals surface area (Å²) in [5, 5.41) is 2.80. The first-order valence-electron chi connectivity index (χ1n) is 10.4. The average Bonchev–Trinajstić information content (AvgIpc) is 3.25. The number of benzene rings is 1. The molecule has 9 nitrogen and oxygen atoms in total. The molecule has 3 amide bonds. The number of primary amides is 1. The van der Waals surface area contributed by atoms with Crippen molar-refractivity contribution in [2.24, 2.45) is 23.5 Å². The van der Waals surface area contributed by atoms with E-state index in [-0.39, 0.29) is 11.0 Å². The number of carbonyl (C=O) groups is 3. The smallest absolute Gasteiger partial charge is 0.439 e. The molecule has 0 spiro atoms. The Hall–Kier alpha value is -3.04. The lowest BCUT2D eigenvalue weighted by atomic mass is 9.92. The number of carbonyl (C=O) groups excluding carboxylic acids is 3. The Kier molecular flexibility index (Phi) is 6.87. The zero-order valence-electron chi connectivity index (χ0n) is 17.9. The van der Waals surface area contributed by atoms with Crippen molar-refractivity contribution < 1.29 is 28.3 Å². The topological polar surface area (TPSA) is 114 Å². The Labute approximate surface area is 180 Å². The van der Waals surface area contributed by atoms with E-state index >= 15 is 0 Å². The van der Waals surface area contributed by atoms with Gasteiger partial charge in [0, 0.05) is 25.3 Å². The van der Waals surface area contributed by atoms with Crippen molar-refractivity contribution in [3.63, 3.8) is 0 Å². The Balaban J connectivity index is 1.68. The molecule has 170 valence electrons. The molecule has 2 fully saturated rings. The normalized spacial score (nSPS) is 26.5. The van der Waals surface area contributed by atoms with Crippen LogP contribution in [-0.4, -0.2) is 55.6 Å². The largest absolute Gasteiger partial charge is 0.450 e. The standard InChI is InChI=1S/C21H29FN4O5/c1-4-30-20(28)24-9-15-11-25(10-12(15)2)16-7-5-14(6-8-16)17-18(13(3)19(23)27)31-21(29)26(17)22/h5-8,12-13,15,17-18H,4,9-11H2,1-3H3,(H2,23,27)(H,24,28). The quantitative estimate of drug-likeness (QED) is 0.635. The molecular formula is C21H29FN4O5. The number of ether oxygens (including phenoxy) is 2. The summed E-state index contributed by atoms with van der Waals surface area (Å²) in [5.74, 6) is -0.860. The number of alkyl carbamates (subject to hydrolysis) is 1. The summed E-state index contributed by atoms with van der Waals surface area (Å²) in [7, 11) is 0. The highest BCUT2D eigenvalue weighted by atomic mass is 19.2. The number of nitrogens with zero attached hydrogens (tertiary/aromatic N) is 2. The van der Waals surface area contributed by atoms with Gasteiger partial charge in [-0.25, -0.2) is 9.59 Å². The maximum atomic E-state index is 14.4. The van der Waals surface area contributed by atoms with Crippen molar-refractivity contribution >= 4 is 23.8 Å². The predicted octanol–water partition coefficient (Wildman–Crippen LogP) is 2.37. The minimum Gasteiger partial charge on any atom is -0.450 e. The number of hydrogen-bond acceptors (Lipinski definition) is 6. The van der Waals surface area contributed by atoms with Gasteiger partial charge in [0.25, 0.3) is 0 Å². The van der Waals surface area contributed by atoms with Gasteiger partial charge in [-0.05, 0) is 43.4 Å². The lowest BCUT2D eigenvalue weighted by molar-refractivity contribution is -0.124. The maximum Gasteiger partial charge on any atom is 0.439 e. The molecule has 10 heteroatoms. The Morgan fingerprint density at radius 1 is 1.32 bits per heavy atom. The van der Waals surface area contributed by atoms with Gasteiger partial charge in [-0.1, -0.05) is 23.5 Å². The lowest BCUT2D eigenvalue weighted by Gasteiger charge is -2.23. The van der Waals surface area contributed by atoms with Crippen LogP contribution in [0.1, 0.15) is 32.4 Å². The van der Waals surface area contributed by atoms with E-state index in [1.54, 1.807) is 19.1 Å². The van der Waals surface area contributed by atoms with Crippen LogP contribution in [0.4, 0.5) is 19.8 Å². The summed E-state index contributed by atoms with van der Waals surface area (Å²) in [5.41, 5.74) is 6.79. The van der Waals surface area contributed by atoms with Crippen molar-refractivity contribution in [3.05, 3.63) is 29.8 Å². The summed E-state index contributed by atoms with van der Waals surface area (Å²) >= 11 is 0. The Morgan fingerprint density at radius 2 is 2.00 bits per heavy atom. The van der Waals surface area contributed by atoms with Crippen LogP contribution in [0.3, 0.4) is 0 Å². The molecule has 2 saturated heterocycles. The SMILES string of the molecule is CCOC(=O)NCC1CN(c2ccc(C3C(C(C)C(N)=O)OC(=O)N3F)cc2)CC1C. The number of nitrogens with one attached hydrogen (secondary N) is 1. The van der Waals surface area contributed by atoms with Crippen LogP contribution in [0.15, 0.2) is 24.3 Å². The van der Waals surface area contributed by atoms with Gasteiger partial charge < -0.3 is 25.4 Å². The van der Waals surface area contributed by atoms with Gasteiger partial charge in [0.05, 0.1) is 12.5 Å². The number of nitrogens with two attached hydrogens (primary N) is 1. The molecule has 1 aromatic carbocycles. The van der Waals surface area contributed by atoms with Gasteiger partial charge in [0.1, 0.15) is 12.1 Å². The van der Waals surface area contributed by atoms with E-state index in [1.165, 1.54) is 6.92 Å². The zero-order chi connectivity index (χ0) is 22.7. The molecule has 5 unspecified atom stereocenters. The van der Waals surface area contributed by atoms with E-state index in [4.69, 9.17) is 15.2 Å². The van der Waals surface area contributed by atoms with Crippen LogP contribution in [0, 0.1) is 17.8 Å². The second-order valence-electron chi connectivity index (χ2n) is 8.13. The number of rotatable bonds is 7. The van der Waals surface area contributed by atoms with Gasteiger partial charge in [0.15, 0.2) is 0 Å². The van der Waals surface area contributed by atoms with Crippen molar-refractivity contribution in [2.75, 3.05) is 31.1 Å². The molecule has 0 aromatic heterocycles. The van der Waals surface area contributed by atoms with Crippen LogP contribution in [-0.2, 0) is 14.3 Å². The summed E-state index contributed by atoms with van der Waals surface area (Å²) in [4.78, 5) is 37.0. The van der Waals surface area contributed by atoms with E-state index in [0.29, 0.717) is 24.6 Å². The molecule has 2 aliphatic rings. The Morgan fingerprint density at radius 3 is 2.61 bits per heavy atom. The minimum atomic E-state index is -1.13. The van der Waals surface area contributed by atoms with Gasteiger partial charge in [-0.3, -0.25) is 4.79 Å². The first kappa shape index (κ1) is 22.6. The molecule has 3 N–H and O–H groups in total. The third-order valence-electron chi connectivity index (χ3n) is 6.06. The first-order chi connectivity index (χ1) is 14.7.